The fourth-order valence-electron chi connectivity index (χ4n) is 1.21. The van der Waals surface area contributed by atoms with Gasteiger partial charge in [0.05, 0.1) is 19.9 Å². The van der Waals surface area contributed by atoms with Crippen molar-refractivity contribution >= 4 is 12.2 Å². The molecule has 0 bridgehead atoms. The zero-order chi connectivity index (χ0) is 12.7. The van der Waals surface area contributed by atoms with E-state index in [1.807, 2.05) is 6.92 Å². The first kappa shape index (κ1) is 12.8. The van der Waals surface area contributed by atoms with Crippen molar-refractivity contribution in [2.75, 3.05) is 13.7 Å². The molecular weight excluding hydrogens is 222 g/mol. The molecule has 1 aromatic rings. The van der Waals surface area contributed by atoms with Gasteiger partial charge < -0.3 is 15.2 Å². The highest BCUT2D eigenvalue weighted by Crippen LogP contribution is 2.27. The Morgan fingerprint density at radius 3 is 2.88 bits per heavy atom. The highest BCUT2D eigenvalue weighted by atomic mass is 16.5. The van der Waals surface area contributed by atoms with Gasteiger partial charge in [-0.15, -0.1) is 0 Å². The molecule has 17 heavy (non-hydrogen) atoms. The third-order valence-corrected chi connectivity index (χ3v) is 1.88. The van der Waals surface area contributed by atoms with Crippen molar-refractivity contribution < 1.29 is 14.3 Å². The minimum Gasteiger partial charge on any atom is -0.493 e. The first-order chi connectivity index (χ1) is 8.17. The maximum atomic E-state index is 10.4. The van der Waals surface area contributed by atoms with Gasteiger partial charge in [0.2, 0.25) is 0 Å². The summed E-state index contributed by atoms with van der Waals surface area (Å²) in [5.41, 5.74) is 7.75. The van der Waals surface area contributed by atoms with Gasteiger partial charge in [-0.05, 0) is 30.7 Å². The summed E-state index contributed by atoms with van der Waals surface area (Å²) in [6.45, 7) is 2.42. The lowest BCUT2D eigenvalue weighted by Crippen LogP contribution is -2.24. The maximum Gasteiger partial charge on any atom is 0.332 e. The van der Waals surface area contributed by atoms with Crippen LogP contribution in [0.2, 0.25) is 0 Å². The summed E-state index contributed by atoms with van der Waals surface area (Å²) >= 11 is 0. The standard InChI is InChI=1S/C11H15N3O3/c1-3-17-10-6-8(4-5-9(10)16-2)7-13-14-11(12)15/h4-7H,3H2,1-2H3,(H3,12,14,15)/b13-7+. The number of primary amides is 1. The van der Waals surface area contributed by atoms with Gasteiger partial charge in [0, 0.05) is 0 Å². The van der Waals surface area contributed by atoms with Gasteiger partial charge in [-0.1, -0.05) is 0 Å². The molecule has 0 radical (unpaired) electrons. The van der Waals surface area contributed by atoms with Gasteiger partial charge in [0.15, 0.2) is 11.5 Å². The van der Waals surface area contributed by atoms with E-state index in [0.717, 1.165) is 5.56 Å². The lowest BCUT2D eigenvalue weighted by Gasteiger charge is -2.09. The van der Waals surface area contributed by atoms with Crippen LogP contribution < -0.4 is 20.6 Å². The first-order valence-corrected chi connectivity index (χ1v) is 5.06. The van der Waals surface area contributed by atoms with Crippen LogP contribution >= 0.6 is 0 Å². The van der Waals surface area contributed by atoms with E-state index < -0.39 is 6.03 Å². The van der Waals surface area contributed by atoms with Gasteiger partial charge in [-0.3, -0.25) is 0 Å². The summed E-state index contributed by atoms with van der Waals surface area (Å²) in [7, 11) is 1.57. The van der Waals surface area contributed by atoms with E-state index in [1.54, 1.807) is 25.3 Å². The summed E-state index contributed by atoms with van der Waals surface area (Å²) in [6, 6.07) is 4.60. The molecule has 1 rings (SSSR count). The zero-order valence-electron chi connectivity index (χ0n) is 9.77. The highest BCUT2D eigenvalue weighted by molar-refractivity contribution is 5.82. The van der Waals surface area contributed by atoms with Crippen molar-refractivity contribution in [3.63, 3.8) is 0 Å². The number of hydrogen-bond acceptors (Lipinski definition) is 4. The number of carbonyl (C=O) groups is 1. The van der Waals surface area contributed by atoms with E-state index in [1.165, 1.54) is 6.21 Å². The van der Waals surface area contributed by atoms with E-state index >= 15 is 0 Å². The second-order valence-electron chi connectivity index (χ2n) is 3.08. The number of nitrogens with two attached hydrogens (primary N) is 1. The number of hydrazone groups is 1. The minimum absolute atomic E-state index is 0.538. The molecule has 0 aliphatic carbocycles. The molecule has 1 aromatic carbocycles. The van der Waals surface area contributed by atoms with Gasteiger partial charge in [-0.25, -0.2) is 10.2 Å². The molecule has 0 atom stereocenters. The number of amides is 2. The highest BCUT2D eigenvalue weighted by Gasteiger charge is 2.03. The second-order valence-corrected chi connectivity index (χ2v) is 3.08. The van der Waals surface area contributed by atoms with Gasteiger partial charge in [0.25, 0.3) is 0 Å². The van der Waals surface area contributed by atoms with Crippen LogP contribution in [-0.2, 0) is 0 Å². The van der Waals surface area contributed by atoms with Crippen molar-refractivity contribution in [2.45, 2.75) is 6.92 Å². The monoisotopic (exact) mass is 237 g/mol. The van der Waals surface area contributed by atoms with Gasteiger partial charge in [0.1, 0.15) is 0 Å². The molecule has 0 fully saturated rings. The molecule has 6 heteroatoms. The summed E-state index contributed by atoms with van der Waals surface area (Å²) < 4.78 is 10.5. The number of rotatable bonds is 5. The Hall–Kier alpha value is -2.24. The first-order valence-electron chi connectivity index (χ1n) is 5.06. The topological polar surface area (TPSA) is 85.9 Å². The molecule has 0 aliphatic rings. The van der Waals surface area contributed by atoms with E-state index in [9.17, 15) is 4.79 Å². The Bertz CT molecular complexity index is 418. The van der Waals surface area contributed by atoms with Crippen LogP contribution in [0.15, 0.2) is 23.3 Å². The number of urea groups is 1. The predicted molar refractivity (Wildman–Crippen MR) is 64.5 cm³/mol. The zero-order valence-corrected chi connectivity index (χ0v) is 9.77. The number of nitrogens with zero attached hydrogens (tertiary/aromatic N) is 1. The van der Waals surface area contributed by atoms with E-state index in [0.29, 0.717) is 18.1 Å². The van der Waals surface area contributed by atoms with Crippen LogP contribution in [0, 0.1) is 0 Å². The molecule has 6 nitrogen and oxygen atoms in total. The molecule has 92 valence electrons. The lowest BCUT2D eigenvalue weighted by molar-refractivity contribution is 0.249. The number of methoxy groups -OCH3 is 1. The molecule has 0 aliphatic heterocycles. The van der Waals surface area contributed by atoms with E-state index in [-0.39, 0.29) is 0 Å². The predicted octanol–water partition coefficient (Wildman–Crippen LogP) is 1.10. The van der Waals surface area contributed by atoms with Crippen LogP contribution in [0.1, 0.15) is 12.5 Å². The second kappa shape index (κ2) is 6.37. The third kappa shape index (κ3) is 4.02. The van der Waals surface area contributed by atoms with Crippen LogP contribution in [0.3, 0.4) is 0 Å². The van der Waals surface area contributed by atoms with Crippen molar-refractivity contribution in [1.29, 1.82) is 0 Å². The van der Waals surface area contributed by atoms with Crippen molar-refractivity contribution in [3.8, 4) is 11.5 Å². The molecule has 0 spiro atoms. The summed E-state index contributed by atoms with van der Waals surface area (Å²) in [5, 5.41) is 3.65. The lowest BCUT2D eigenvalue weighted by atomic mass is 10.2. The number of ether oxygens (including phenoxy) is 2. The Labute approximate surface area is 99.4 Å². The largest absolute Gasteiger partial charge is 0.493 e. The summed E-state index contributed by atoms with van der Waals surface area (Å²) in [6.07, 6.45) is 1.46. The number of benzene rings is 1. The molecule has 0 heterocycles. The van der Waals surface area contributed by atoms with Crippen molar-refractivity contribution in [3.05, 3.63) is 23.8 Å². The Balaban J connectivity index is 2.84. The maximum absolute atomic E-state index is 10.4. The van der Waals surface area contributed by atoms with Crippen molar-refractivity contribution in [1.82, 2.24) is 5.43 Å². The molecule has 0 saturated carbocycles. The Kier molecular flexibility index (Phi) is 4.80. The third-order valence-electron chi connectivity index (χ3n) is 1.88. The van der Waals surface area contributed by atoms with Crippen LogP contribution in [0.4, 0.5) is 4.79 Å². The average Bonchev–Trinajstić information content (AvgIpc) is 2.29. The number of nitrogens with one attached hydrogen (secondary N) is 1. The molecule has 0 saturated heterocycles. The van der Waals surface area contributed by atoms with Crippen LogP contribution in [0.5, 0.6) is 11.5 Å². The SMILES string of the molecule is CCOc1cc(/C=N/NC(N)=O)ccc1OC. The Morgan fingerprint density at radius 2 is 2.29 bits per heavy atom. The molecule has 2 amide bonds. The average molecular weight is 237 g/mol. The van der Waals surface area contributed by atoms with E-state index in [4.69, 9.17) is 15.2 Å². The fourth-order valence-corrected chi connectivity index (χ4v) is 1.21. The van der Waals surface area contributed by atoms with Gasteiger partial charge in [-0.2, -0.15) is 5.10 Å². The summed E-state index contributed by atoms with van der Waals surface area (Å²) in [5.74, 6) is 1.27. The fraction of sp³-hybridized carbons (Fsp3) is 0.273. The molecule has 0 aromatic heterocycles. The van der Waals surface area contributed by atoms with E-state index in [2.05, 4.69) is 10.5 Å². The molecule has 3 N–H and O–H groups in total. The van der Waals surface area contributed by atoms with Gasteiger partial charge >= 0.3 is 6.03 Å². The Morgan fingerprint density at radius 1 is 1.53 bits per heavy atom. The quantitative estimate of drug-likeness (QED) is 0.593. The normalized spacial score (nSPS) is 10.2. The van der Waals surface area contributed by atoms with Crippen LogP contribution in [0.25, 0.3) is 0 Å². The van der Waals surface area contributed by atoms with Crippen molar-refractivity contribution in [2.24, 2.45) is 10.8 Å². The smallest absolute Gasteiger partial charge is 0.332 e. The molecular formula is C11H15N3O3. The molecule has 0 unspecified atom stereocenters. The number of carbonyl (C=O) groups excluding carboxylic acids is 1. The summed E-state index contributed by atoms with van der Waals surface area (Å²) in [4.78, 5) is 10.4. The number of hydrogen-bond donors (Lipinski definition) is 2. The van der Waals surface area contributed by atoms with Crippen LogP contribution in [-0.4, -0.2) is 26.0 Å². The minimum atomic E-state index is -0.709.